The van der Waals surface area contributed by atoms with E-state index < -0.39 is 10.3 Å². The second kappa shape index (κ2) is 10.5. The Morgan fingerprint density at radius 2 is 1.88 bits per heavy atom. The summed E-state index contributed by atoms with van der Waals surface area (Å²) in [5, 5.41) is 6.95. The molecule has 0 unspecified atom stereocenters. The van der Waals surface area contributed by atoms with Crippen LogP contribution in [0.2, 0.25) is 0 Å². The molecule has 0 bridgehead atoms. The molecule has 0 aliphatic rings. The van der Waals surface area contributed by atoms with Crippen LogP contribution >= 0.6 is 22.7 Å². The second-order valence-corrected chi connectivity index (χ2v) is 9.82. The van der Waals surface area contributed by atoms with E-state index in [-0.39, 0.29) is 30.0 Å². The number of quaternary nitrogens is 1. The molecule has 0 radical (unpaired) electrons. The average molecular weight is 512 g/mol. The fourth-order valence-electron chi connectivity index (χ4n) is 3.17. The van der Waals surface area contributed by atoms with Gasteiger partial charge < -0.3 is 17.7 Å². The Morgan fingerprint density at radius 3 is 2.53 bits per heavy atom. The number of anilines is 1. The van der Waals surface area contributed by atoms with Crippen molar-refractivity contribution >= 4 is 44.4 Å². The molecule has 4 aromatic rings. The largest absolute Gasteiger partial charge is 1.00 e. The van der Waals surface area contributed by atoms with Crippen molar-refractivity contribution in [1.82, 2.24) is 4.98 Å². The van der Waals surface area contributed by atoms with Gasteiger partial charge in [0.1, 0.15) is 28.2 Å². The van der Waals surface area contributed by atoms with Crippen molar-refractivity contribution in [2.24, 2.45) is 0 Å². The van der Waals surface area contributed by atoms with Gasteiger partial charge in [-0.1, -0.05) is 24.3 Å². The number of halogens is 2. The Balaban J connectivity index is 0.00000289. The van der Waals surface area contributed by atoms with Gasteiger partial charge in [-0.25, -0.2) is 9.37 Å². The standard InChI is InChI=1S/C21H18FN3O3S3.ClH/c22-15-3-1-4-17(12-15)23-18(19-13-30-21(24-19)20-5-2-10-29-20)11-14-6-8-16(9-7-14)25-31(26,27)28;/h1-10,12-13,18,23,25H,11H2,(H,26,27,28);1H/t18-;/m0./s1. The summed E-state index contributed by atoms with van der Waals surface area (Å²) in [6, 6.07) is 17.1. The van der Waals surface area contributed by atoms with Gasteiger partial charge >= 0.3 is 10.3 Å². The highest BCUT2D eigenvalue weighted by Gasteiger charge is 2.21. The van der Waals surface area contributed by atoms with Crippen LogP contribution in [0.25, 0.3) is 9.88 Å². The number of aromatic nitrogens is 1. The average Bonchev–Trinajstić information content (AvgIpc) is 3.40. The topological polar surface area (TPSA) is 95.9 Å². The third kappa shape index (κ3) is 6.58. The molecule has 4 rings (SSSR count). The van der Waals surface area contributed by atoms with Crippen LogP contribution in [0.3, 0.4) is 0 Å². The minimum Gasteiger partial charge on any atom is -1.00 e. The van der Waals surface area contributed by atoms with Crippen LogP contribution in [-0.4, -0.2) is 18.0 Å². The molecule has 168 valence electrons. The van der Waals surface area contributed by atoms with E-state index in [9.17, 15) is 12.8 Å². The summed E-state index contributed by atoms with van der Waals surface area (Å²) in [4.78, 5) is 5.91. The Hall–Kier alpha value is -2.34. The number of hydrogen-bond acceptors (Lipinski definition) is 5. The lowest BCUT2D eigenvalue weighted by molar-refractivity contribution is -0.618. The van der Waals surface area contributed by atoms with Crippen molar-refractivity contribution < 1.29 is 35.1 Å². The highest BCUT2D eigenvalue weighted by Crippen LogP contribution is 2.30. The molecule has 32 heavy (non-hydrogen) atoms. The number of thiophene rings is 1. The summed E-state index contributed by atoms with van der Waals surface area (Å²) in [5.41, 5.74) is 2.87. The van der Waals surface area contributed by atoms with E-state index >= 15 is 0 Å². The molecule has 11 heteroatoms. The number of hydrogen-bond donors (Lipinski definition) is 3. The molecule has 0 aliphatic carbocycles. The molecule has 1 atom stereocenters. The zero-order valence-electron chi connectivity index (χ0n) is 16.5. The van der Waals surface area contributed by atoms with Crippen molar-refractivity contribution in [1.29, 1.82) is 0 Å². The predicted molar refractivity (Wildman–Crippen MR) is 121 cm³/mol. The first-order valence-corrected chi connectivity index (χ1v) is 12.5. The normalized spacial score (nSPS) is 12.2. The van der Waals surface area contributed by atoms with Crippen molar-refractivity contribution in [2.75, 3.05) is 4.72 Å². The Labute approximate surface area is 199 Å². The third-order valence-corrected chi connectivity index (χ3v) is 6.93. The summed E-state index contributed by atoms with van der Waals surface area (Å²) < 4.78 is 46.6. The summed E-state index contributed by atoms with van der Waals surface area (Å²) >= 11 is 3.20. The zero-order valence-corrected chi connectivity index (χ0v) is 19.7. The van der Waals surface area contributed by atoms with E-state index in [0.717, 1.165) is 26.8 Å². The van der Waals surface area contributed by atoms with E-state index in [1.165, 1.54) is 12.1 Å². The SMILES string of the molecule is O=S(=O)(O)Nc1ccc(C[C@H]([NH2+]c2cccc(F)c2)c2csc(-c3cccs3)n2)cc1.[Cl-]. The number of nitrogens with one attached hydrogen (secondary N) is 1. The minimum atomic E-state index is -4.32. The van der Waals surface area contributed by atoms with Crippen LogP contribution in [0.1, 0.15) is 17.3 Å². The maximum absolute atomic E-state index is 13.7. The lowest BCUT2D eigenvalue weighted by atomic mass is 10.0. The zero-order chi connectivity index (χ0) is 21.8. The Bertz CT molecular complexity index is 1260. The number of rotatable bonds is 8. The molecular weight excluding hydrogens is 493 g/mol. The van der Waals surface area contributed by atoms with Gasteiger partial charge in [-0.15, -0.1) is 22.7 Å². The number of nitrogens with two attached hydrogens (primary N) is 1. The summed E-state index contributed by atoms with van der Waals surface area (Å²) in [7, 11) is -4.32. The molecule has 0 saturated heterocycles. The lowest BCUT2D eigenvalue weighted by Gasteiger charge is -2.14. The van der Waals surface area contributed by atoms with E-state index in [1.54, 1.807) is 53.0 Å². The van der Waals surface area contributed by atoms with Gasteiger partial charge in [-0.2, -0.15) is 8.42 Å². The quantitative estimate of drug-likeness (QED) is 0.246. The summed E-state index contributed by atoms with van der Waals surface area (Å²) in [6.07, 6.45) is 0.594. The first-order chi connectivity index (χ1) is 14.9. The third-order valence-electron chi connectivity index (χ3n) is 4.53. The molecule has 2 heterocycles. The Kier molecular flexibility index (Phi) is 7.99. The number of nitrogens with zero attached hydrogens (tertiary/aromatic N) is 1. The van der Waals surface area contributed by atoms with E-state index in [4.69, 9.17) is 9.54 Å². The number of thiazole rings is 1. The minimum absolute atomic E-state index is 0. The van der Waals surface area contributed by atoms with Gasteiger partial charge in [0.15, 0.2) is 0 Å². The van der Waals surface area contributed by atoms with Gasteiger partial charge in [0.2, 0.25) is 0 Å². The molecule has 0 spiro atoms. The van der Waals surface area contributed by atoms with Crippen molar-refractivity contribution in [3.05, 3.63) is 88.5 Å². The molecule has 2 aromatic heterocycles. The smallest absolute Gasteiger partial charge is 0.357 e. The predicted octanol–water partition coefficient (Wildman–Crippen LogP) is 1.41. The van der Waals surface area contributed by atoms with E-state index in [1.807, 2.05) is 39.0 Å². The molecule has 6 nitrogen and oxygen atoms in total. The fraction of sp³-hybridized carbons (Fsp3) is 0.0952. The lowest BCUT2D eigenvalue weighted by Crippen LogP contribution is -3.00. The monoisotopic (exact) mass is 511 g/mol. The fourth-order valence-corrected chi connectivity index (χ4v) is 5.31. The van der Waals surface area contributed by atoms with Gasteiger partial charge in [-0.05, 0) is 41.3 Å². The van der Waals surface area contributed by atoms with E-state index in [2.05, 4.69) is 0 Å². The van der Waals surface area contributed by atoms with Crippen molar-refractivity contribution in [2.45, 2.75) is 12.5 Å². The summed E-state index contributed by atoms with van der Waals surface area (Å²) in [5.74, 6) is -0.300. The molecule has 0 amide bonds. The molecule has 0 aliphatic heterocycles. The highest BCUT2D eigenvalue weighted by molar-refractivity contribution is 7.87. The first-order valence-electron chi connectivity index (χ1n) is 9.30. The maximum atomic E-state index is 13.7. The van der Waals surface area contributed by atoms with Crippen molar-refractivity contribution in [3.8, 4) is 9.88 Å². The Morgan fingerprint density at radius 1 is 1.09 bits per heavy atom. The van der Waals surface area contributed by atoms with Gasteiger partial charge in [0.05, 0.1) is 10.6 Å². The summed E-state index contributed by atoms with van der Waals surface area (Å²) in [6.45, 7) is 0. The first kappa shape index (κ1) is 24.3. The van der Waals surface area contributed by atoms with Gasteiger partial charge in [0.25, 0.3) is 0 Å². The highest BCUT2D eigenvalue weighted by atomic mass is 35.5. The molecule has 0 saturated carbocycles. The van der Waals surface area contributed by atoms with Gasteiger partial charge in [-0.3, -0.25) is 9.27 Å². The van der Waals surface area contributed by atoms with Crippen LogP contribution in [0.4, 0.5) is 15.8 Å². The molecule has 0 fully saturated rings. The van der Waals surface area contributed by atoms with Crippen molar-refractivity contribution in [3.63, 3.8) is 0 Å². The molecular formula is C21H19ClFN3O3S3. The molecule has 2 aromatic carbocycles. The van der Waals surface area contributed by atoms with E-state index in [0.29, 0.717) is 6.42 Å². The van der Waals surface area contributed by atoms with Crippen LogP contribution < -0.4 is 22.4 Å². The maximum Gasteiger partial charge on any atom is 0.357 e. The van der Waals surface area contributed by atoms with Gasteiger partial charge in [0, 0.05) is 17.9 Å². The molecule has 4 N–H and O–H groups in total. The van der Waals surface area contributed by atoms with Crippen LogP contribution in [0.15, 0.2) is 71.4 Å². The number of benzene rings is 2. The second-order valence-electron chi connectivity index (χ2n) is 6.86. The van der Waals surface area contributed by atoms with Crippen LogP contribution in [0.5, 0.6) is 0 Å². The van der Waals surface area contributed by atoms with Crippen LogP contribution in [-0.2, 0) is 16.7 Å². The van der Waals surface area contributed by atoms with Crippen LogP contribution in [0, 0.1) is 5.82 Å².